The average Bonchev–Trinajstić information content (AvgIpc) is 2.74. The maximum absolute atomic E-state index is 11.9. The van der Waals surface area contributed by atoms with Crippen LogP contribution in [0.25, 0.3) is 0 Å². The third-order valence-electron chi connectivity index (χ3n) is 2.48. The van der Waals surface area contributed by atoms with Gasteiger partial charge in [-0.2, -0.15) is 0 Å². The first kappa shape index (κ1) is 11.0. The molecule has 0 radical (unpaired) electrons. The Morgan fingerprint density at radius 3 is 3.07 bits per heavy atom. The third kappa shape index (κ3) is 3.00. The molecular weight excluding hydrogens is 232 g/mol. The molecule has 1 unspecified atom stereocenters. The van der Waals surface area contributed by atoms with Crippen molar-refractivity contribution in [3.8, 4) is 0 Å². The Hall–Kier alpha value is -0.450. The van der Waals surface area contributed by atoms with Gasteiger partial charge in [0, 0.05) is 28.8 Å². The van der Waals surface area contributed by atoms with Crippen molar-refractivity contribution in [2.45, 2.75) is 17.4 Å². The monoisotopic (exact) mass is 244 g/mol. The molecule has 15 heavy (non-hydrogen) atoms. The maximum atomic E-state index is 11.9. The molecule has 1 saturated heterocycles. The molecule has 0 spiro atoms. The molecule has 1 fully saturated rings. The lowest BCUT2D eigenvalue weighted by Gasteiger charge is -2.07. The molecule has 1 N–H and O–H groups in total. The van der Waals surface area contributed by atoms with E-state index in [0.29, 0.717) is 16.2 Å². The number of pyridine rings is 1. The van der Waals surface area contributed by atoms with Gasteiger partial charge in [0.1, 0.15) is 5.15 Å². The summed E-state index contributed by atoms with van der Waals surface area (Å²) in [5.41, 5.74) is 0.990. The van der Waals surface area contributed by atoms with Gasteiger partial charge in [-0.05, 0) is 24.6 Å². The molecule has 2 heterocycles. The predicted octanol–water partition coefficient (Wildman–Crippen LogP) is 1.35. The summed E-state index contributed by atoms with van der Waals surface area (Å²) in [4.78, 5) is 3.97. The van der Waals surface area contributed by atoms with E-state index >= 15 is 0 Å². The second-order valence-electron chi connectivity index (χ2n) is 3.63. The van der Waals surface area contributed by atoms with Crippen molar-refractivity contribution in [1.82, 2.24) is 10.3 Å². The number of hydrogen-bond donors (Lipinski definition) is 1. The zero-order valence-electron chi connectivity index (χ0n) is 8.28. The van der Waals surface area contributed by atoms with Gasteiger partial charge in [0.2, 0.25) is 0 Å². The van der Waals surface area contributed by atoms with E-state index in [-0.39, 0.29) is 0 Å². The van der Waals surface area contributed by atoms with Crippen LogP contribution in [0.15, 0.2) is 18.3 Å². The third-order valence-corrected chi connectivity index (χ3v) is 4.47. The number of nitrogens with one attached hydrogen (secondary N) is 1. The second-order valence-corrected chi connectivity index (χ2v) is 5.73. The SMILES string of the molecule is O=S(Cc1ccc(Cl)nc1)[C@@H]1CCNC1. The lowest BCUT2D eigenvalue weighted by atomic mass is 10.3. The van der Waals surface area contributed by atoms with E-state index in [0.717, 1.165) is 25.1 Å². The Labute approximate surface area is 96.7 Å². The lowest BCUT2D eigenvalue weighted by Crippen LogP contribution is -2.19. The fourth-order valence-corrected chi connectivity index (χ4v) is 3.16. The Kier molecular flexibility index (Phi) is 3.72. The van der Waals surface area contributed by atoms with Crippen molar-refractivity contribution < 1.29 is 4.21 Å². The van der Waals surface area contributed by atoms with Gasteiger partial charge in [0.05, 0.1) is 5.75 Å². The Bertz CT molecular complexity index is 349. The van der Waals surface area contributed by atoms with Crippen LogP contribution < -0.4 is 5.32 Å². The van der Waals surface area contributed by atoms with Crippen LogP contribution in [0.4, 0.5) is 0 Å². The summed E-state index contributed by atoms with van der Waals surface area (Å²) in [6.45, 7) is 1.85. The largest absolute Gasteiger partial charge is 0.315 e. The molecule has 1 aromatic rings. The molecule has 2 atom stereocenters. The van der Waals surface area contributed by atoms with Gasteiger partial charge in [0.25, 0.3) is 0 Å². The Balaban J connectivity index is 1.96. The van der Waals surface area contributed by atoms with Crippen molar-refractivity contribution in [2.24, 2.45) is 0 Å². The fourth-order valence-electron chi connectivity index (χ4n) is 1.63. The van der Waals surface area contributed by atoms with E-state index in [1.165, 1.54) is 0 Å². The van der Waals surface area contributed by atoms with E-state index in [4.69, 9.17) is 11.6 Å². The first-order valence-electron chi connectivity index (χ1n) is 4.94. The number of rotatable bonds is 3. The minimum Gasteiger partial charge on any atom is -0.315 e. The molecule has 1 aliphatic heterocycles. The number of hydrogen-bond acceptors (Lipinski definition) is 3. The summed E-state index contributed by atoms with van der Waals surface area (Å²) in [5.74, 6) is 0.580. The lowest BCUT2D eigenvalue weighted by molar-refractivity contribution is 0.672. The van der Waals surface area contributed by atoms with Crippen LogP contribution in [0.5, 0.6) is 0 Å². The molecule has 0 saturated carbocycles. The minimum atomic E-state index is -0.799. The van der Waals surface area contributed by atoms with Crippen molar-refractivity contribution in [2.75, 3.05) is 13.1 Å². The molecule has 0 aromatic carbocycles. The summed E-state index contributed by atoms with van der Waals surface area (Å²) in [6.07, 6.45) is 2.70. The minimum absolute atomic E-state index is 0.292. The van der Waals surface area contributed by atoms with E-state index in [9.17, 15) is 4.21 Å². The van der Waals surface area contributed by atoms with Crippen molar-refractivity contribution in [3.05, 3.63) is 29.0 Å². The Morgan fingerprint density at radius 2 is 2.47 bits per heavy atom. The van der Waals surface area contributed by atoms with E-state index in [2.05, 4.69) is 10.3 Å². The molecule has 5 heteroatoms. The first-order valence-corrected chi connectivity index (χ1v) is 6.70. The molecule has 82 valence electrons. The molecule has 1 aromatic heterocycles. The fraction of sp³-hybridized carbons (Fsp3) is 0.500. The van der Waals surface area contributed by atoms with Gasteiger partial charge in [-0.3, -0.25) is 4.21 Å². The highest BCUT2D eigenvalue weighted by molar-refractivity contribution is 7.84. The molecular formula is C10H13ClN2OS. The van der Waals surface area contributed by atoms with Crippen LogP contribution in [0.1, 0.15) is 12.0 Å². The smallest absolute Gasteiger partial charge is 0.129 e. The summed E-state index contributed by atoms with van der Waals surface area (Å²) < 4.78 is 11.9. The average molecular weight is 245 g/mol. The highest BCUT2D eigenvalue weighted by Gasteiger charge is 2.20. The summed E-state index contributed by atoms with van der Waals surface area (Å²) in [5, 5.41) is 3.99. The van der Waals surface area contributed by atoms with Crippen LogP contribution in [0.2, 0.25) is 5.15 Å². The zero-order chi connectivity index (χ0) is 10.7. The van der Waals surface area contributed by atoms with Crippen molar-refractivity contribution >= 4 is 22.4 Å². The highest BCUT2D eigenvalue weighted by Crippen LogP contribution is 2.13. The summed E-state index contributed by atoms with van der Waals surface area (Å²) in [7, 11) is -0.799. The number of nitrogens with zero attached hydrogens (tertiary/aromatic N) is 1. The highest BCUT2D eigenvalue weighted by atomic mass is 35.5. The molecule has 0 amide bonds. The van der Waals surface area contributed by atoms with Gasteiger partial charge >= 0.3 is 0 Å². The molecule has 3 nitrogen and oxygen atoms in total. The number of halogens is 1. The summed E-state index contributed by atoms with van der Waals surface area (Å²) >= 11 is 5.68. The standard InChI is InChI=1S/C10H13ClN2OS/c11-10-2-1-8(5-13-10)7-15(14)9-3-4-12-6-9/h1-2,5,9,12H,3-4,6-7H2/t9-,15?/m1/s1. The molecule has 2 rings (SSSR count). The maximum Gasteiger partial charge on any atom is 0.129 e. The van der Waals surface area contributed by atoms with Crippen LogP contribution in [0.3, 0.4) is 0 Å². The van der Waals surface area contributed by atoms with Gasteiger partial charge in [-0.25, -0.2) is 4.98 Å². The first-order chi connectivity index (χ1) is 7.25. The van der Waals surface area contributed by atoms with Crippen LogP contribution in [0, 0.1) is 0 Å². The molecule has 1 aliphatic rings. The Morgan fingerprint density at radius 1 is 1.60 bits per heavy atom. The van der Waals surface area contributed by atoms with E-state index in [1.54, 1.807) is 12.3 Å². The quantitative estimate of drug-likeness (QED) is 0.817. The molecule has 0 bridgehead atoms. The van der Waals surface area contributed by atoms with Gasteiger partial charge in [-0.15, -0.1) is 0 Å². The van der Waals surface area contributed by atoms with Gasteiger partial charge < -0.3 is 5.32 Å². The molecule has 0 aliphatic carbocycles. The van der Waals surface area contributed by atoms with Crippen LogP contribution in [-0.2, 0) is 16.6 Å². The normalized spacial score (nSPS) is 22.9. The van der Waals surface area contributed by atoms with Crippen LogP contribution in [-0.4, -0.2) is 27.5 Å². The van der Waals surface area contributed by atoms with Gasteiger partial charge in [0.15, 0.2) is 0 Å². The zero-order valence-corrected chi connectivity index (χ0v) is 9.85. The topological polar surface area (TPSA) is 42.0 Å². The summed E-state index contributed by atoms with van der Waals surface area (Å²) in [6, 6.07) is 3.62. The second kappa shape index (κ2) is 5.05. The van der Waals surface area contributed by atoms with Crippen molar-refractivity contribution in [3.63, 3.8) is 0 Å². The van der Waals surface area contributed by atoms with Crippen molar-refractivity contribution in [1.29, 1.82) is 0 Å². The van der Waals surface area contributed by atoms with Crippen LogP contribution >= 0.6 is 11.6 Å². The van der Waals surface area contributed by atoms with Gasteiger partial charge in [-0.1, -0.05) is 17.7 Å². The van der Waals surface area contributed by atoms with E-state index < -0.39 is 10.8 Å². The van der Waals surface area contributed by atoms with E-state index in [1.807, 2.05) is 6.07 Å². The predicted molar refractivity (Wildman–Crippen MR) is 62.4 cm³/mol. The number of aromatic nitrogens is 1.